The first kappa shape index (κ1) is 12.7. The third-order valence-electron chi connectivity index (χ3n) is 4.00. The first-order chi connectivity index (χ1) is 10.2. The van der Waals surface area contributed by atoms with E-state index in [0.717, 1.165) is 18.5 Å². The number of carbonyl (C=O) groups excluding carboxylic acids is 1. The highest BCUT2D eigenvalue weighted by Crippen LogP contribution is 2.40. The van der Waals surface area contributed by atoms with Crippen molar-refractivity contribution >= 4 is 16.8 Å². The molecule has 0 radical (unpaired) electrons. The van der Waals surface area contributed by atoms with Gasteiger partial charge >= 0.3 is 0 Å². The molecule has 1 aromatic carbocycles. The molecule has 1 aromatic heterocycles. The zero-order valence-corrected chi connectivity index (χ0v) is 11.4. The van der Waals surface area contributed by atoms with Gasteiger partial charge in [-0.25, -0.2) is 4.39 Å². The number of fused-ring (bicyclic) bond motifs is 1. The number of pyridine rings is 1. The summed E-state index contributed by atoms with van der Waals surface area (Å²) in [4.78, 5) is 17.0. The Bertz CT molecular complexity index is 724. The minimum Gasteiger partial charge on any atom is -0.377 e. The zero-order chi connectivity index (χ0) is 14.4. The van der Waals surface area contributed by atoms with Crippen LogP contribution >= 0.6 is 0 Å². The molecular formula is C16H15FN2O2. The quantitative estimate of drug-likeness (QED) is 0.942. The third-order valence-corrected chi connectivity index (χ3v) is 4.00. The smallest absolute Gasteiger partial charge is 0.252 e. The summed E-state index contributed by atoms with van der Waals surface area (Å²) in [5, 5.41) is 3.48. The van der Waals surface area contributed by atoms with Gasteiger partial charge in [0.15, 0.2) is 0 Å². The number of nitrogens with zero attached hydrogens (tertiary/aromatic N) is 1. The Hall–Kier alpha value is -2.01. The fourth-order valence-corrected chi connectivity index (χ4v) is 2.58. The highest BCUT2D eigenvalue weighted by molar-refractivity contribution is 6.06. The lowest BCUT2D eigenvalue weighted by Crippen LogP contribution is -2.48. The molecule has 2 aromatic rings. The average molecular weight is 286 g/mol. The second-order valence-electron chi connectivity index (χ2n) is 5.74. The maximum absolute atomic E-state index is 13.5. The van der Waals surface area contributed by atoms with Gasteiger partial charge in [0, 0.05) is 17.0 Å². The summed E-state index contributed by atoms with van der Waals surface area (Å²) in [6, 6.07) is 6.27. The second kappa shape index (κ2) is 4.77. The van der Waals surface area contributed by atoms with Gasteiger partial charge in [0.2, 0.25) is 0 Å². The number of ether oxygens (including phenoxy) is 1. The largest absolute Gasteiger partial charge is 0.377 e. The van der Waals surface area contributed by atoms with Crippen molar-refractivity contribution < 1.29 is 13.9 Å². The van der Waals surface area contributed by atoms with E-state index < -0.39 is 0 Å². The molecule has 1 aliphatic heterocycles. The Morgan fingerprint density at radius 1 is 1.29 bits per heavy atom. The molecule has 0 spiro atoms. The number of hydrogen-bond acceptors (Lipinski definition) is 3. The van der Waals surface area contributed by atoms with Gasteiger partial charge in [0.05, 0.1) is 30.3 Å². The molecule has 0 unspecified atom stereocenters. The van der Waals surface area contributed by atoms with E-state index in [1.54, 1.807) is 6.07 Å². The molecule has 0 bridgehead atoms. The molecule has 108 valence electrons. The van der Waals surface area contributed by atoms with E-state index >= 15 is 0 Å². The average Bonchev–Trinajstić information content (AvgIpc) is 3.26. The van der Waals surface area contributed by atoms with Crippen molar-refractivity contribution in [2.24, 2.45) is 0 Å². The molecule has 2 heterocycles. The predicted octanol–water partition coefficient (Wildman–Crippen LogP) is 2.38. The van der Waals surface area contributed by atoms with Crippen molar-refractivity contribution in [1.29, 1.82) is 0 Å². The summed E-state index contributed by atoms with van der Waals surface area (Å²) < 4.78 is 18.6. The molecule has 1 amide bonds. The second-order valence-corrected chi connectivity index (χ2v) is 5.74. The van der Waals surface area contributed by atoms with Crippen LogP contribution in [0.2, 0.25) is 0 Å². The van der Waals surface area contributed by atoms with Gasteiger partial charge < -0.3 is 10.1 Å². The topological polar surface area (TPSA) is 51.2 Å². The highest BCUT2D eigenvalue weighted by Gasteiger charge is 2.28. The molecular weight excluding hydrogens is 271 g/mol. The Kier molecular flexibility index (Phi) is 2.89. The predicted molar refractivity (Wildman–Crippen MR) is 75.7 cm³/mol. The maximum Gasteiger partial charge on any atom is 0.252 e. The first-order valence-corrected chi connectivity index (χ1v) is 7.19. The van der Waals surface area contributed by atoms with E-state index in [9.17, 15) is 9.18 Å². The van der Waals surface area contributed by atoms with Crippen LogP contribution in [0.25, 0.3) is 10.9 Å². The molecule has 1 saturated carbocycles. The van der Waals surface area contributed by atoms with Crippen LogP contribution in [0.5, 0.6) is 0 Å². The van der Waals surface area contributed by atoms with E-state index in [-0.39, 0.29) is 17.8 Å². The monoisotopic (exact) mass is 286 g/mol. The van der Waals surface area contributed by atoms with Gasteiger partial charge in [-0.1, -0.05) is 0 Å². The van der Waals surface area contributed by atoms with Crippen LogP contribution in [0.1, 0.15) is 34.8 Å². The van der Waals surface area contributed by atoms with Gasteiger partial charge in [-0.15, -0.1) is 0 Å². The number of amides is 1. The molecule has 0 atom stereocenters. The van der Waals surface area contributed by atoms with Crippen LogP contribution < -0.4 is 5.32 Å². The summed E-state index contributed by atoms with van der Waals surface area (Å²) in [6.45, 7) is 1.08. The molecule has 1 aliphatic carbocycles. The Balaban J connectivity index is 1.79. The number of rotatable bonds is 3. The normalized spacial score (nSPS) is 18.5. The molecule has 1 saturated heterocycles. The molecule has 4 nitrogen and oxygen atoms in total. The molecule has 5 heteroatoms. The molecule has 2 fully saturated rings. The lowest BCUT2D eigenvalue weighted by molar-refractivity contribution is -0.00343. The highest BCUT2D eigenvalue weighted by atomic mass is 19.1. The Labute approximate surface area is 121 Å². The van der Waals surface area contributed by atoms with Crippen molar-refractivity contribution in [1.82, 2.24) is 10.3 Å². The fourth-order valence-electron chi connectivity index (χ4n) is 2.58. The van der Waals surface area contributed by atoms with Gasteiger partial charge in [0.1, 0.15) is 5.82 Å². The van der Waals surface area contributed by atoms with Crippen LogP contribution in [-0.2, 0) is 4.74 Å². The lowest BCUT2D eigenvalue weighted by atomic mass is 10.0. The van der Waals surface area contributed by atoms with E-state index in [0.29, 0.717) is 35.6 Å². The summed E-state index contributed by atoms with van der Waals surface area (Å²) in [6.07, 6.45) is 2.22. The van der Waals surface area contributed by atoms with Crippen LogP contribution in [0.4, 0.5) is 4.39 Å². The van der Waals surface area contributed by atoms with Crippen LogP contribution in [0, 0.1) is 5.82 Å². The number of nitrogens with one attached hydrogen (secondary N) is 1. The van der Waals surface area contributed by atoms with Crippen molar-refractivity contribution in [2.75, 3.05) is 13.2 Å². The number of hydrogen-bond donors (Lipinski definition) is 1. The number of aromatic nitrogens is 1. The van der Waals surface area contributed by atoms with Crippen molar-refractivity contribution in [3.8, 4) is 0 Å². The summed E-state index contributed by atoms with van der Waals surface area (Å²) >= 11 is 0. The van der Waals surface area contributed by atoms with E-state index in [2.05, 4.69) is 10.3 Å². The van der Waals surface area contributed by atoms with Gasteiger partial charge in [0.25, 0.3) is 5.91 Å². The summed E-state index contributed by atoms with van der Waals surface area (Å²) in [7, 11) is 0. The number of halogens is 1. The van der Waals surface area contributed by atoms with Gasteiger partial charge in [-0.2, -0.15) is 0 Å². The van der Waals surface area contributed by atoms with Crippen LogP contribution in [0.3, 0.4) is 0 Å². The lowest BCUT2D eigenvalue weighted by Gasteiger charge is -2.27. The molecule has 1 N–H and O–H groups in total. The third kappa shape index (κ3) is 2.38. The first-order valence-electron chi connectivity index (χ1n) is 7.19. The number of carbonyl (C=O) groups is 1. The van der Waals surface area contributed by atoms with Crippen molar-refractivity contribution in [3.05, 3.63) is 41.3 Å². The van der Waals surface area contributed by atoms with E-state index in [1.807, 2.05) is 6.07 Å². The standard InChI is InChI=1S/C16H15FN2O2/c17-10-3-4-14-12(5-10)13(6-15(19-14)9-1-2-9)16(20)18-11-7-21-8-11/h3-6,9,11H,1-2,7-8H2,(H,18,20). The maximum atomic E-state index is 13.5. The summed E-state index contributed by atoms with van der Waals surface area (Å²) in [5.74, 6) is -0.0919. The minimum atomic E-state index is -0.357. The van der Waals surface area contributed by atoms with Crippen molar-refractivity contribution in [3.63, 3.8) is 0 Å². The van der Waals surface area contributed by atoms with Crippen molar-refractivity contribution in [2.45, 2.75) is 24.8 Å². The Morgan fingerprint density at radius 3 is 2.76 bits per heavy atom. The zero-order valence-electron chi connectivity index (χ0n) is 11.4. The SMILES string of the molecule is O=C(NC1COC1)c1cc(C2CC2)nc2ccc(F)cc12. The Morgan fingerprint density at radius 2 is 2.10 bits per heavy atom. The van der Waals surface area contributed by atoms with E-state index in [1.165, 1.54) is 12.1 Å². The molecule has 4 rings (SSSR count). The molecule has 21 heavy (non-hydrogen) atoms. The minimum absolute atomic E-state index is 0.0543. The van der Waals surface area contributed by atoms with Crippen LogP contribution in [-0.4, -0.2) is 30.1 Å². The van der Waals surface area contributed by atoms with E-state index in [4.69, 9.17) is 4.74 Å². The number of benzene rings is 1. The van der Waals surface area contributed by atoms with Crippen LogP contribution in [0.15, 0.2) is 24.3 Å². The van der Waals surface area contributed by atoms with Gasteiger partial charge in [-0.05, 0) is 37.1 Å². The molecule has 2 aliphatic rings. The van der Waals surface area contributed by atoms with Gasteiger partial charge in [-0.3, -0.25) is 9.78 Å². The fraction of sp³-hybridized carbons (Fsp3) is 0.375. The summed E-state index contributed by atoms with van der Waals surface area (Å²) in [5.41, 5.74) is 2.12.